The van der Waals surface area contributed by atoms with Gasteiger partial charge in [0.1, 0.15) is 6.33 Å². The van der Waals surface area contributed by atoms with Gasteiger partial charge >= 0.3 is 0 Å². The summed E-state index contributed by atoms with van der Waals surface area (Å²) in [7, 11) is 1.58. The Balaban J connectivity index is 1.62. The molecule has 1 saturated heterocycles. The lowest BCUT2D eigenvalue weighted by Crippen LogP contribution is -2.30. The molecule has 7 heteroatoms. The number of ether oxygens (including phenoxy) is 3. The average Bonchev–Trinajstić information content (AvgIpc) is 2.74. The predicted octanol–water partition coefficient (Wildman–Crippen LogP) is 3.95. The first-order chi connectivity index (χ1) is 13.7. The number of piperidine rings is 1. The van der Waals surface area contributed by atoms with Crippen molar-refractivity contribution in [3.8, 4) is 23.1 Å². The fourth-order valence-electron chi connectivity index (χ4n) is 3.28. The van der Waals surface area contributed by atoms with Gasteiger partial charge in [-0.2, -0.15) is 0 Å². The zero-order valence-electron chi connectivity index (χ0n) is 15.7. The number of benzene rings is 2. The van der Waals surface area contributed by atoms with Gasteiger partial charge in [-0.05, 0) is 50.0 Å². The van der Waals surface area contributed by atoms with Crippen molar-refractivity contribution in [3.63, 3.8) is 0 Å². The summed E-state index contributed by atoms with van der Waals surface area (Å²) < 4.78 is 31.2. The van der Waals surface area contributed by atoms with E-state index in [1.165, 1.54) is 12.4 Å². The Morgan fingerprint density at radius 3 is 2.68 bits per heavy atom. The van der Waals surface area contributed by atoms with Gasteiger partial charge in [-0.1, -0.05) is 12.1 Å². The first-order valence-electron chi connectivity index (χ1n) is 9.33. The van der Waals surface area contributed by atoms with Gasteiger partial charge < -0.3 is 19.5 Å². The fourth-order valence-corrected chi connectivity index (χ4v) is 3.28. The molecule has 1 N–H and O–H groups in total. The first kappa shape index (κ1) is 18.4. The van der Waals surface area contributed by atoms with Crippen LogP contribution >= 0.6 is 0 Å². The van der Waals surface area contributed by atoms with Crippen molar-refractivity contribution in [2.24, 2.45) is 5.92 Å². The van der Waals surface area contributed by atoms with Gasteiger partial charge in [0.05, 0.1) is 24.6 Å². The van der Waals surface area contributed by atoms with E-state index in [1.54, 1.807) is 31.4 Å². The molecular weight excluding hydrogens is 361 g/mol. The van der Waals surface area contributed by atoms with Gasteiger partial charge in [0.15, 0.2) is 23.1 Å². The zero-order chi connectivity index (χ0) is 19.3. The van der Waals surface area contributed by atoms with Crippen molar-refractivity contribution in [1.82, 2.24) is 15.3 Å². The highest BCUT2D eigenvalue weighted by Crippen LogP contribution is 2.36. The Morgan fingerprint density at radius 1 is 1.07 bits per heavy atom. The van der Waals surface area contributed by atoms with E-state index in [2.05, 4.69) is 15.3 Å². The number of aromatic nitrogens is 2. The molecule has 0 amide bonds. The topological polar surface area (TPSA) is 65.5 Å². The lowest BCUT2D eigenvalue weighted by Gasteiger charge is -2.23. The SMILES string of the molecule is COc1cc2c(Oc3ccccc3F)ncnc2cc1OCC1CCNCC1. The van der Waals surface area contributed by atoms with Gasteiger partial charge in [-0.3, -0.25) is 0 Å². The Morgan fingerprint density at radius 2 is 1.89 bits per heavy atom. The third kappa shape index (κ3) is 3.99. The average molecular weight is 383 g/mol. The van der Waals surface area contributed by atoms with Crippen LogP contribution in [0.2, 0.25) is 0 Å². The van der Waals surface area contributed by atoms with Crippen LogP contribution in [0, 0.1) is 11.7 Å². The molecule has 146 valence electrons. The summed E-state index contributed by atoms with van der Waals surface area (Å²) in [6.07, 6.45) is 3.58. The summed E-state index contributed by atoms with van der Waals surface area (Å²) in [6.45, 7) is 2.67. The van der Waals surface area contributed by atoms with Crippen LogP contribution in [0.4, 0.5) is 4.39 Å². The molecule has 3 aromatic rings. The molecule has 28 heavy (non-hydrogen) atoms. The lowest BCUT2D eigenvalue weighted by atomic mass is 9.99. The summed E-state index contributed by atoms with van der Waals surface area (Å²) in [4.78, 5) is 8.47. The monoisotopic (exact) mass is 383 g/mol. The molecule has 2 aromatic carbocycles. The van der Waals surface area contributed by atoms with Crippen molar-refractivity contribution < 1.29 is 18.6 Å². The molecule has 1 aromatic heterocycles. The minimum atomic E-state index is -0.455. The van der Waals surface area contributed by atoms with Gasteiger partial charge in [-0.25, -0.2) is 14.4 Å². The van der Waals surface area contributed by atoms with E-state index >= 15 is 0 Å². The maximum atomic E-state index is 13.9. The maximum absolute atomic E-state index is 13.9. The number of methoxy groups -OCH3 is 1. The molecule has 0 unspecified atom stereocenters. The van der Waals surface area contributed by atoms with Crippen molar-refractivity contribution in [1.29, 1.82) is 0 Å². The predicted molar refractivity (Wildman–Crippen MR) is 104 cm³/mol. The van der Waals surface area contributed by atoms with Crippen LogP contribution in [0.3, 0.4) is 0 Å². The number of para-hydroxylation sites is 1. The molecule has 0 aliphatic carbocycles. The highest BCUT2D eigenvalue weighted by atomic mass is 19.1. The Kier molecular flexibility index (Phi) is 5.53. The van der Waals surface area contributed by atoms with Crippen molar-refractivity contribution in [2.45, 2.75) is 12.8 Å². The van der Waals surface area contributed by atoms with Crippen LogP contribution in [0.15, 0.2) is 42.7 Å². The number of nitrogens with zero attached hydrogens (tertiary/aromatic N) is 2. The van der Waals surface area contributed by atoms with Gasteiger partial charge in [0, 0.05) is 6.07 Å². The van der Waals surface area contributed by atoms with Gasteiger partial charge in [-0.15, -0.1) is 0 Å². The van der Waals surface area contributed by atoms with E-state index in [1.807, 2.05) is 6.07 Å². The van der Waals surface area contributed by atoms with E-state index in [9.17, 15) is 4.39 Å². The highest BCUT2D eigenvalue weighted by molar-refractivity contribution is 5.87. The van der Waals surface area contributed by atoms with Crippen LogP contribution in [-0.2, 0) is 0 Å². The first-order valence-corrected chi connectivity index (χ1v) is 9.33. The zero-order valence-corrected chi connectivity index (χ0v) is 15.7. The standard InChI is InChI=1S/C21H22FN3O3/c1-26-19-10-15-17(11-20(19)27-12-14-6-8-23-9-7-14)24-13-25-21(15)28-18-5-3-2-4-16(18)22/h2-5,10-11,13-14,23H,6-9,12H2,1H3. The molecule has 0 spiro atoms. The van der Waals surface area contributed by atoms with Crippen LogP contribution in [0.1, 0.15) is 12.8 Å². The molecule has 6 nitrogen and oxygen atoms in total. The number of rotatable bonds is 6. The summed E-state index contributed by atoms with van der Waals surface area (Å²) >= 11 is 0. The molecular formula is C21H22FN3O3. The van der Waals surface area contributed by atoms with Gasteiger partial charge in [0.2, 0.25) is 5.88 Å². The van der Waals surface area contributed by atoms with Crippen LogP contribution in [0.25, 0.3) is 10.9 Å². The fraction of sp³-hybridized carbons (Fsp3) is 0.333. The van der Waals surface area contributed by atoms with E-state index in [0.29, 0.717) is 34.9 Å². The highest BCUT2D eigenvalue weighted by Gasteiger charge is 2.17. The quantitative estimate of drug-likeness (QED) is 0.695. The van der Waals surface area contributed by atoms with Crippen molar-refractivity contribution >= 4 is 10.9 Å². The van der Waals surface area contributed by atoms with Crippen molar-refractivity contribution in [3.05, 3.63) is 48.5 Å². The second-order valence-corrected chi connectivity index (χ2v) is 6.74. The second kappa shape index (κ2) is 8.39. The summed E-state index contributed by atoms with van der Waals surface area (Å²) in [5.41, 5.74) is 0.641. The molecule has 0 bridgehead atoms. The minimum absolute atomic E-state index is 0.104. The largest absolute Gasteiger partial charge is 0.493 e. The minimum Gasteiger partial charge on any atom is -0.493 e. The molecule has 2 heterocycles. The van der Waals surface area contributed by atoms with E-state index < -0.39 is 5.82 Å². The third-order valence-corrected chi connectivity index (χ3v) is 4.86. The van der Waals surface area contributed by atoms with Crippen LogP contribution in [0.5, 0.6) is 23.1 Å². The Labute approximate surface area is 162 Å². The maximum Gasteiger partial charge on any atom is 0.230 e. The number of fused-ring (bicyclic) bond motifs is 1. The molecule has 0 radical (unpaired) electrons. The number of hydrogen-bond acceptors (Lipinski definition) is 6. The molecule has 4 rings (SSSR count). The van der Waals surface area contributed by atoms with E-state index in [-0.39, 0.29) is 11.6 Å². The molecule has 0 atom stereocenters. The van der Waals surface area contributed by atoms with E-state index in [4.69, 9.17) is 14.2 Å². The van der Waals surface area contributed by atoms with Crippen LogP contribution in [-0.4, -0.2) is 36.8 Å². The molecule has 1 aliphatic rings. The van der Waals surface area contributed by atoms with Crippen molar-refractivity contribution in [2.75, 3.05) is 26.8 Å². The number of hydrogen-bond donors (Lipinski definition) is 1. The van der Waals surface area contributed by atoms with Gasteiger partial charge in [0.25, 0.3) is 0 Å². The Bertz CT molecular complexity index is 961. The Hall–Kier alpha value is -2.93. The molecule has 0 saturated carbocycles. The molecule has 1 fully saturated rings. The smallest absolute Gasteiger partial charge is 0.230 e. The van der Waals surface area contributed by atoms with E-state index in [0.717, 1.165) is 25.9 Å². The third-order valence-electron chi connectivity index (χ3n) is 4.86. The number of halogens is 1. The summed E-state index contributed by atoms with van der Waals surface area (Å²) in [5.74, 6) is 1.62. The summed E-state index contributed by atoms with van der Waals surface area (Å²) in [5, 5.41) is 3.97. The second-order valence-electron chi connectivity index (χ2n) is 6.74. The number of nitrogens with one attached hydrogen (secondary N) is 1. The lowest BCUT2D eigenvalue weighted by molar-refractivity contribution is 0.208. The molecule has 1 aliphatic heterocycles. The summed E-state index contributed by atoms with van der Waals surface area (Å²) in [6, 6.07) is 9.78. The van der Waals surface area contributed by atoms with Crippen LogP contribution < -0.4 is 19.5 Å². The normalized spacial score (nSPS) is 14.8.